The summed E-state index contributed by atoms with van der Waals surface area (Å²) in [6.07, 6.45) is 0.454. The van der Waals surface area contributed by atoms with Gasteiger partial charge in [-0.15, -0.1) is 0 Å². The minimum absolute atomic E-state index is 0.192. The summed E-state index contributed by atoms with van der Waals surface area (Å²) >= 11 is 0. The van der Waals surface area contributed by atoms with Crippen LogP contribution in [0.3, 0.4) is 0 Å². The summed E-state index contributed by atoms with van der Waals surface area (Å²) in [6.45, 7) is 2.58. The largest absolute Gasteiger partial charge is 0.493 e. The molecule has 0 amide bonds. The topological polar surface area (TPSA) is 29.5 Å². The lowest BCUT2D eigenvalue weighted by Gasteiger charge is -2.34. The normalized spacial score (nSPS) is 18.3. The van der Waals surface area contributed by atoms with Crippen LogP contribution in [0.4, 0.5) is 0 Å². The molecule has 0 fully saturated rings. The van der Waals surface area contributed by atoms with Crippen LogP contribution in [0.1, 0.15) is 35.6 Å². The van der Waals surface area contributed by atoms with Crippen molar-refractivity contribution in [2.24, 2.45) is 0 Å². The van der Waals surface area contributed by atoms with E-state index in [1.165, 1.54) is 11.1 Å². The molecule has 2 aromatic rings. The van der Waals surface area contributed by atoms with Crippen LogP contribution >= 0.6 is 0 Å². The summed E-state index contributed by atoms with van der Waals surface area (Å²) in [7, 11) is 0. The van der Waals surface area contributed by atoms with E-state index in [0.717, 1.165) is 17.7 Å². The highest BCUT2D eigenvalue weighted by Crippen LogP contribution is 2.45. The van der Waals surface area contributed by atoms with Gasteiger partial charge in [0.05, 0.1) is 12.7 Å². The highest BCUT2D eigenvalue weighted by molar-refractivity contribution is 5.45. The summed E-state index contributed by atoms with van der Waals surface area (Å²) in [6, 6.07) is 16.1. The predicted octanol–water partition coefficient (Wildman–Crippen LogP) is 3.46. The smallest absolute Gasteiger partial charge is 0.125 e. The lowest BCUT2D eigenvalue weighted by molar-refractivity contribution is 0.130. The Labute approximate surface area is 113 Å². The molecule has 0 radical (unpaired) electrons. The molecule has 1 aliphatic rings. The zero-order valence-electron chi connectivity index (χ0n) is 11.0. The van der Waals surface area contributed by atoms with Crippen molar-refractivity contribution in [3.63, 3.8) is 0 Å². The zero-order valence-corrected chi connectivity index (χ0v) is 11.0. The molecule has 0 aromatic heterocycles. The summed E-state index contributed by atoms with van der Waals surface area (Å²) in [5.74, 6) is 0.986. The second kappa shape index (κ2) is 5.06. The van der Waals surface area contributed by atoms with Gasteiger partial charge < -0.3 is 9.84 Å². The summed E-state index contributed by atoms with van der Waals surface area (Å²) in [4.78, 5) is 0. The molecule has 2 atom stereocenters. The van der Waals surface area contributed by atoms with Gasteiger partial charge in [0, 0.05) is 11.5 Å². The molecule has 1 aliphatic carbocycles. The van der Waals surface area contributed by atoms with Crippen LogP contribution in [0.2, 0.25) is 0 Å². The molecule has 3 rings (SSSR count). The quantitative estimate of drug-likeness (QED) is 0.905. The number of aliphatic hydroxyl groups is 1. The van der Waals surface area contributed by atoms with Crippen molar-refractivity contribution in [3.05, 3.63) is 65.2 Å². The fraction of sp³-hybridized carbons (Fsp3) is 0.294. The second-order valence-electron chi connectivity index (χ2n) is 4.93. The zero-order chi connectivity index (χ0) is 13.2. The first-order chi connectivity index (χ1) is 9.31. The number of benzene rings is 2. The lowest BCUT2D eigenvalue weighted by Crippen LogP contribution is -2.23. The van der Waals surface area contributed by atoms with Gasteiger partial charge in [0.25, 0.3) is 0 Å². The highest BCUT2D eigenvalue weighted by atomic mass is 16.5. The van der Waals surface area contributed by atoms with Crippen LogP contribution in [0.15, 0.2) is 48.5 Å². The first kappa shape index (κ1) is 12.2. The van der Waals surface area contributed by atoms with E-state index in [1.807, 2.05) is 37.3 Å². The van der Waals surface area contributed by atoms with Gasteiger partial charge in [-0.05, 0) is 30.5 Å². The fourth-order valence-corrected chi connectivity index (χ4v) is 2.81. The molecular weight excluding hydrogens is 236 g/mol. The minimum atomic E-state index is -0.488. The van der Waals surface area contributed by atoms with E-state index in [9.17, 15) is 5.11 Å². The van der Waals surface area contributed by atoms with Crippen molar-refractivity contribution in [2.75, 3.05) is 6.61 Å². The first-order valence-electron chi connectivity index (χ1n) is 6.79. The van der Waals surface area contributed by atoms with E-state index in [1.54, 1.807) is 0 Å². The van der Waals surface area contributed by atoms with E-state index in [2.05, 4.69) is 18.2 Å². The van der Waals surface area contributed by atoms with Crippen LogP contribution in [0.25, 0.3) is 0 Å². The van der Waals surface area contributed by atoms with Crippen molar-refractivity contribution >= 4 is 0 Å². The van der Waals surface area contributed by atoms with Crippen LogP contribution in [0, 0.1) is 0 Å². The Kier molecular flexibility index (Phi) is 3.26. The van der Waals surface area contributed by atoms with Gasteiger partial charge in [0.1, 0.15) is 5.75 Å². The van der Waals surface area contributed by atoms with Crippen LogP contribution in [0.5, 0.6) is 5.75 Å². The van der Waals surface area contributed by atoms with Gasteiger partial charge in [-0.2, -0.15) is 0 Å². The lowest BCUT2D eigenvalue weighted by atomic mass is 9.73. The third kappa shape index (κ3) is 2.13. The van der Waals surface area contributed by atoms with Crippen molar-refractivity contribution < 1.29 is 9.84 Å². The molecule has 0 aliphatic heterocycles. The number of rotatable bonds is 4. The van der Waals surface area contributed by atoms with Gasteiger partial charge in [-0.3, -0.25) is 0 Å². The number of hydrogen-bond acceptors (Lipinski definition) is 2. The monoisotopic (exact) mass is 254 g/mol. The van der Waals surface area contributed by atoms with E-state index in [4.69, 9.17) is 4.74 Å². The molecule has 0 heterocycles. The van der Waals surface area contributed by atoms with E-state index < -0.39 is 6.10 Å². The Morgan fingerprint density at radius 2 is 1.89 bits per heavy atom. The molecule has 1 N–H and O–H groups in total. The van der Waals surface area contributed by atoms with E-state index in [0.29, 0.717) is 6.61 Å². The Hall–Kier alpha value is -1.80. The summed E-state index contributed by atoms with van der Waals surface area (Å²) < 4.78 is 5.60. The van der Waals surface area contributed by atoms with Gasteiger partial charge in [0.2, 0.25) is 0 Å². The number of para-hydroxylation sites is 1. The molecule has 0 saturated heterocycles. The van der Waals surface area contributed by atoms with Gasteiger partial charge in [-0.1, -0.05) is 42.5 Å². The fourth-order valence-electron chi connectivity index (χ4n) is 2.81. The second-order valence-corrected chi connectivity index (χ2v) is 4.93. The van der Waals surface area contributed by atoms with Crippen LogP contribution in [-0.4, -0.2) is 11.7 Å². The summed E-state index contributed by atoms with van der Waals surface area (Å²) in [5, 5.41) is 10.6. The van der Waals surface area contributed by atoms with Gasteiger partial charge in [-0.25, -0.2) is 0 Å². The van der Waals surface area contributed by atoms with Crippen molar-refractivity contribution in [3.8, 4) is 5.75 Å². The molecular formula is C17H18O2. The molecule has 98 valence electrons. The average molecular weight is 254 g/mol. The number of aliphatic hydroxyl groups excluding tert-OH is 1. The summed E-state index contributed by atoms with van der Waals surface area (Å²) in [5.41, 5.74) is 3.51. The van der Waals surface area contributed by atoms with Gasteiger partial charge >= 0.3 is 0 Å². The Bertz CT molecular complexity index is 577. The third-order valence-corrected chi connectivity index (χ3v) is 3.81. The van der Waals surface area contributed by atoms with Crippen molar-refractivity contribution in [1.29, 1.82) is 0 Å². The maximum atomic E-state index is 10.6. The molecule has 19 heavy (non-hydrogen) atoms. The van der Waals surface area contributed by atoms with Crippen LogP contribution in [-0.2, 0) is 6.42 Å². The number of fused-ring (bicyclic) bond motifs is 1. The Morgan fingerprint density at radius 1 is 1.16 bits per heavy atom. The first-order valence-corrected chi connectivity index (χ1v) is 6.79. The maximum Gasteiger partial charge on any atom is 0.125 e. The molecule has 2 unspecified atom stereocenters. The Morgan fingerprint density at radius 3 is 2.68 bits per heavy atom. The van der Waals surface area contributed by atoms with E-state index in [-0.39, 0.29) is 5.92 Å². The van der Waals surface area contributed by atoms with Crippen molar-refractivity contribution in [2.45, 2.75) is 25.4 Å². The molecule has 0 spiro atoms. The molecule has 2 aromatic carbocycles. The minimum Gasteiger partial charge on any atom is -0.493 e. The van der Waals surface area contributed by atoms with Gasteiger partial charge in [0.15, 0.2) is 0 Å². The number of ether oxygens (including phenoxy) is 1. The average Bonchev–Trinajstić information content (AvgIpc) is 2.41. The van der Waals surface area contributed by atoms with Crippen molar-refractivity contribution in [1.82, 2.24) is 0 Å². The molecule has 0 saturated carbocycles. The number of hydrogen-bond donors (Lipinski definition) is 1. The van der Waals surface area contributed by atoms with Crippen LogP contribution < -0.4 is 4.74 Å². The maximum absolute atomic E-state index is 10.6. The molecule has 2 heteroatoms. The SMILES string of the molecule is CCOc1ccccc1C(O)C1Cc2ccccc21. The third-order valence-electron chi connectivity index (χ3n) is 3.81. The molecule has 0 bridgehead atoms. The predicted molar refractivity (Wildman–Crippen MR) is 75.5 cm³/mol. The molecule has 2 nitrogen and oxygen atoms in total. The Balaban J connectivity index is 1.88. The standard InChI is InChI=1S/C17H18O2/c1-2-19-16-10-6-5-9-14(16)17(18)15-11-12-7-3-4-8-13(12)15/h3-10,15,17-18H,2,11H2,1H3. The highest BCUT2D eigenvalue weighted by Gasteiger charge is 2.33. The van der Waals surface area contributed by atoms with E-state index >= 15 is 0 Å².